The second kappa shape index (κ2) is 8.03. The van der Waals surface area contributed by atoms with Gasteiger partial charge in [-0.1, -0.05) is 59.8 Å². The first-order valence-corrected chi connectivity index (χ1v) is 9.26. The number of amides is 1. The molecule has 0 spiro atoms. The van der Waals surface area contributed by atoms with E-state index in [9.17, 15) is 4.79 Å². The van der Waals surface area contributed by atoms with Crippen LogP contribution in [0.3, 0.4) is 0 Å². The minimum absolute atomic E-state index is 0.0289. The number of para-hydroxylation sites is 1. The zero-order valence-electron chi connectivity index (χ0n) is 14.4. The third kappa shape index (κ3) is 4.31. The number of carbonyl (C=O) groups is 1. The van der Waals surface area contributed by atoms with Gasteiger partial charge in [-0.25, -0.2) is 4.98 Å². The van der Waals surface area contributed by atoms with E-state index in [4.69, 9.17) is 0 Å². The van der Waals surface area contributed by atoms with Crippen molar-refractivity contribution in [3.8, 4) is 11.3 Å². The molecule has 0 fully saturated rings. The summed E-state index contributed by atoms with van der Waals surface area (Å²) in [4.78, 5) is 16.6. The summed E-state index contributed by atoms with van der Waals surface area (Å²) >= 11 is 1.46. The molecule has 4 nitrogen and oxygen atoms in total. The SMILES string of the molecule is CCn1c(-c2ccc(C)cc2)cnc1SCC(=O)Nc1ccccc1. The van der Waals surface area contributed by atoms with Gasteiger partial charge in [0.2, 0.25) is 5.91 Å². The molecular weight excluding hydrogens is 330 g/mol. The van der Waals surface area contributed by atoms with Crippen LogP contribution in [0.5, 0.6) is 0 Å². The van der Waals surface area contributed by atoms with Gasteiger partial charge in [0.25, 0.3) is 0 Å². The average molecular weight is 351 g/mol. The van der Waals surface area contributed by atoms with Crippen LogP contribution in [-0.2, 0) is 11.3 Å². The molecule has 2 aromatic carbocycles. The summed E-state index contributed by atoms with van der Waals surface area (Å²) in [6.45, 7) is 4.98. The first kappa shape index (κ1) is 17.3. The van der Waals surface area contributed by atoms with E-state index in [0.29, 0.717) is 5.75 Å². The smallest absolute Gasteiger partial charge is 0.234 e. The fraction of sp³-hybridized carbons (Fsp3) is 0.200. The lowest BCUT2D eigenvalue weighted by atomic mass is 10.1. The van der Waals surface area contributed by atoms with E-state index >= 15 is 0 Å². The second-order valence-electron chi connectivity index (χ2n) is 5.74. The molecule has 3 rings (SSSR count). The van der Waals surface area contributed by atoms with Crippen molar-refractivity contribution in [2.24, 2.45) is 0 Å². The molecular formula is C20H21N3OS. The highest BCUT2D eigenvalue weighted by molar-refractivity contribution is 7.99. The lowest BCUT2D eigenvalue weighted by Crippen LogP contribution is -2.14. The molecule has 0 radical (unpaired) electrons. The molecule has 1 aromatic heterocycles. The highest BCUT2D eigenvalue weighted by Gasteiger charge is 2.12. The first-order chi connectivity index (χ1) is 12.2. The molecule has 0 atom stereocenters. The Morgan fingerprint density at radius 1 is 1.12 bits per heavy atom. The zero-order valence-corrected chi connectivity index (χ0v) is 15.2. The second-order valence-corrected chi connectivity index (χ2v) is 6.68. The molecule has 1 amide bonds. The zero-order chi connectivity index (χ0) is 17.6. The molecule has 1 heterocycles. The summed E-state index contributed by atoms with van der Waals surface area (Å²) in [5, 5.41) is 3.76. The van der Waals surface area contributed by atoms with Gasteiger partial charge in [0.05, 0.1) is 17.6 Å². The van der Waals surface area contributed by atoms with Crippen molar-refractivity contribution in [3.05, 3.63) is 66.4 Å². The highest BCUT2D eigenvalue weighted by atomic mass is 32.2. The number of imidazole rings is 1. The Morgan fingerprint density at radius 2 is 1.84 bits per heavy atom. The maximum absolute atomic E-state index is 12.1. The summed E-state index contributed by atoms with van der Waals surface area (Å²) in [7, 11) is 0. The summed E-state index contributed by atoms with van der Waals surface area (Å²) in [5.74, 6) is 0.304. The molecule has 25 heavy (non-hydrogen) atoms. The fourth-order valence-electron chi connectivity index (χ4n) is 2.58. The van der Waals surface area contributed by atoms with Crippen LogP contribution in [-0.4, -0.2) is 21.2 Å². The molecule has 0 aliphatic rings. The average Bonchev–Trinajstić information content (AvgIpc) is 3.04. The van der Waals surface area contributed by atoms with Crippen molar-refractivity contribution in [2.45, 2.75) is 25.5 Å². The fourth-order valence-corrected chi connectivity index (χ4v) is 3.43. The Morgan fingerprint density at radius 3 is 2.52 bits per heavy atom. The Balaban J connectivity index is 1.69. The van der Waals surface area contributed by atoms with Crippen LogP contribution in [0.25, 0.3) is 11.3 Å². The van der Waals surface area contributed by atoms with Crippen LogP contribution >= 0.6 is 11.8 Å². The number of aryl methyl sites for hydroxylation is 1. The largest absolute Gasteiger partial charge is 0.325 e. The number of nitrogens with one attached hydrogen (secondary N) is 1. The summed E-state index contributed by atoms with van der Waals surface area (Å²) in [5.41, 5.74) is 4.26. The molecule has 1 N–H and O–H groups in total. The van der Waals surface area contributed by atoms with Crippen LogP contribution < -0.4 is 5.32 Å². The number of hydrogen-bond acceptors (Lipinski definition) is 3. The van der Waals surface area contributed by atoms with E-state index in [2.05, 4.69) is 53.0 Å². The van der Waals surface area contributed by atoms with E-state index in [-0.39, 0.29) is 5.91 Å². The van der Waals surface area contributed by atoms with Gasteiger partial charge in [0.15, 0.2) is 5.16 Å². The van der Waals surface area contributed by atoms with Gasteiger partial charge in [0, 0.05) is 12.2 Å². The summed E-state index contributed by atoms with van der Waals surface area (Å²) < 4.78 is 2.14. The number of nitrogens with zero attached hydrogens (tertiary/aromatic N) is 2. The van der Waals surface area contributed by atoms with Crippen molar-refractivity contribution in [1.29, 1.82) is 0 Å². The van der Waals surface area contributed by atoms with Crippen LogP contribution in [0.2, 0.25) is 0 Å². The molecule has 0 saturated carbocycles. The number of hydrogen-bond donors (Lipinski definition) is 1. The van der Waals surface area contributed by atoms with Crippen molar-refractivity contribution < 1.29 is 4.79 Å². The molecule has 0 saturated heterocycles. The van der Waals surface area contributed by atoms with E-state index in [1.165, 1.54) is 17.3 Å². The van der Waals surface area contributed by atoms with Crippen molar-refractivity contribution >= 4 is 23.4 Å². The van der Waals surface area contributed by atoms with E-state index < -0.39 is 0 Å². The predicted molar refractivity (Wildman–Crippen MR) is 104 cm³/mol. The third-order valence-electron chi connectivity index (χ3n) is 3.87. The molecule has 128 valence electrons. The van der Waals surface area contributed by atoms with Crippen molar-refractivity contribution in [3.63, 3.8) is 0 Å². The Hall–Kier alpha value is -2.53. The van der Waals surface area contributed by atoms with Crippen molar-refractivity contribution in [2.75, 3.05) is 11.1 Å². The molecule has 0 aliphatic heterocycles. The van der Waals surface area contributed by atoms with E-state index in [0.717, 1.165) is 28.6 Å². The molecule has 5 heteroatoms. The van der Waals surface area contributed by atoms with Gasteiger partial charge in [-0.05, 0) is 31.5 Å². The maximum atomic E-state index is 12.1. The highest BCUT2D eigenvalue weighted by Crippen LogP contribution is 2.26. The molecule has 0 unspecified atom stereocenters. The minimum atomic E-state index is -0.0289. The number of aromatic nitrogens is 2. The Kier molecular flexibility index (Phi) is 5.56. The quantitative estimate of drug-likeness (QED) is 0.660. The topological polar surface area (TPSA) is 46.9 Å². The van der Waals surface area contributed by atoms with Crippen LogP contribution in [0.4, 0.5) is 5.69 Å². The van der Waals surface area contributed by atoms with E-state index in [1.54, 1.807) is 0 Å². The minimum Gasteiger partial charge on any atom is -0.325 e. The Labute approximate surface area is 152 Å². The number of thioether (sulfide) groups is 1. The molecule has 0 aliphatic carbocycles. The van der Waals surface area contributed by atoms with Gasteiger partial charge in [-0.2, -0.15) is 0 Å². The van der Waals surface area contributed by atoms with Crippen LogP contribution in [0.1, 0.15) is 12.5 Å². The Bertz CT molecular complexity index is 841. The van der Waals surface area contributed by atoms with Crippen LogP contribution in [0.15, 0.2) is 66.0 Å². The monoisotopic (exact) mass is 351 g/mol. The molecule has 0 bridgehead atoms. The van der Waals surface area contributed by atoms with Gasteiger partial charge in [-0.15, -0.1) is 0 Å². The van der Waals surface area contributed by atoms with Gasteiger partial charge >= 0.3 is 0 Å². The normalized spacial score (nSPS) is 10.6. The lowest BCUT2D eigenvalue weighted by Gasteiger charge is -2.10. The third-order valence-corrected chi connectivity index (χ3v) is 4.86. The first-order valence-electron chi connectivity index (χ1n) is 8.27. The van der Waals surface area contributed by atoms with Gasteiger partial charge in [0.1, 0.15) is 0 Å². The standard InChI is InChI=1S/C20H21N3OS/c1-3-23-18(16-11-9-15(2)10-12-16)13-21-20(23)25-14-19(24)22-17-7-5-4-6-8-17/h4-13H,3,14H2,1-2H3,(H,22,24). The maximum Gasteiger partial charge on any atom is 0.234 e. The number of carbonyl (C=O) groups excluding carboxylic acids is 1. The summed E-state index contributed by atoms with van der Waals surface area (Å²) in [6, 6.07) is 17.9. The number of anilines is 1. The number of rotatable bonds is 6. The number of benzene rings is 2. The predicted octanol–water partition coefficient (Wildman–Crippen LogP) is 4.61. The van der Waals surface area contributed by atoms with Gasteiger partial charge < -0.3 is 9.88 Å². The van der Waals surface area contributed by atoms with Gasteiger partial charge in [-0.3, -0.25) is 4.79 Å². The lowest BCUT2D eigenvalue weighted by molar-refractivity contribution is -0.113. The van der Waals surface area contributed by atoms with Crippen molar-refractivity contribution in [1.82, 2.24) is 9.55 Å². The summed E-state index contributed by atoms with van der Waals surface area (Å²) in [6.07, 6.45) is 1.88. The van der Waals surface area contributed by atoms with Crippen LogP contribution in [0, 0.1) is 6.92 Å². The van der Waals surface area contributed by atoms with E-state index in [1.807, 2.05) is 36.5 Å². The molecule has 3 aromatic rings.